The molecule has 3 atom stereocenters. The van der Waals surface area contributed by atoms with Gasteiger partial charge in [-0.15, -0.1) is 0 Å². The lowest BCUT2D eigenvalue weighted by atomic mass is 9.95. The van der Waals surface area contributed by atoms with E-state index < -0.39 is 0 Å². The molecule has 1 saturated carbocycles. The molecule has 1 aromatic carbocycles. The molecule has 1 aliphatic carbocycles. The van der Waals surface area contributed by atoms with Crippen molar-refractivity contribution in [1.29, 1.82) is 0 Å². The van der Waals surface area contributed by atoms with Crippen LogP contribution in [0.3, 0.4) is 0 Å². The highest BCUT2D eigenvalue weighted by Gasteiger charge is 2.22. The van der Waals surface area contributed by atoms with E-state index in [-0.39, 0.29) is 0 Å². The fourth-order valence-electron chi connectivity index (χ4n) is 3.05. The van der Waals surface area contributed by atoms with Gasteiger partial charge in [0, 0.05) is 13.7 Å². The topological polar surface area (TPSA) is 30.5 Å². The summed E-state index contributed by atoms with van der Waals surface area (Å²) in [5, 5.41) is 3.22. The third-order valence-corrected chi connectivity index (χ3v) is 4.46. The highest BCUT2D eigenvalue weighted by Crippen LogP contribution is 2.24. The number of rotatable bonds is 7. The third kappa shape index (κ3) is 5.10. The van der Waals surface area contributed by atoms with Crippen molar-refractivity contribution in [3.8, 4) is 0 Å². The molecule has 2 rings (SSSR count). The predicted molar refractivity (Wildman–Crippen MR) is 86.6 cm³/mol. The maximum atomic E-state index is 6.06. The van der Waals surface area contributed by atoms with Crippen LogP contribution in [0.15, 0.2) is 24.3 Å². The van der Waals surface area contributed by atoms with Gasteiger partial charge in [0.15, 0.2) is 0 Å². The molecule has 0 radical (unpaired) electrons. The van der Waals surface area contributed by atoms with Gasteiger partial charge in [0.1, 0.15) is 0 Å². The normalized spacial score (nSPS) is 24.0. The molecule has 1 aliphatic rings. The minimum absolute atomic E-state index is 0.353. The fourth-order valence-corrected chi connectivity index (χ4v) is 3.05. The Balaban J connectivity index is 1.80. The molecule has 3 heteroatoms. The summed E-state index contributed by atoms with van der Waals surface area (Å²) in [6.45, 7) is 3.97. The first kappa shape index (κ1) is 16.5. The molecule has 21 heavy (non-hydrogen) atoms. The van der Waals surface area contributed by atoms with Crippen molar-refractivity contribution in [2.75, 3.05) is 20.7 Å². The summed E-state index contributed by atoms with van der Waals surface area (Å²) in [5.41, 5.74) is 2.64. The van der Waals surface area contributed by atoms with Crippen LogP contribution in [-0.4, -0.2) is 32.9 Å². The van der Waals surface area contributed by atoms with E-state index in [4.69, 9.17) is 9.47 Å². The predicted octanol–water partition coefficient (Wildman–Crippen LogP) is 3.48. The zero-order valence-corrected chi connectivity index (χ0v) is 13.6. The van der Waals surface area contributed by atoms with Gasteiger partial charge in [-0.1, -0.05) is 31.2 Å². The Hall–Kier alpha value is -0.900. The number of methoxy groups -OCH3 is 1. The van der Waals surface area contributed by atoms with Crippen molar-refractivity contribution >= 4 is 0 Å². The number of hydrogen-bond acceptors (Lipinski definition) is 3. The van der Waals surface area contributed by atoms with Gasteiger partial charge in [0.05, 0.1) is 18.8 Å². The van der Waals surface area contributed by atoms with Crippen molar-refractivity contribution in [2.24, 2.45) is 0 Å². The van der Waals surface area contributed by atoms with Gasteiger partial charge in [0.25, 0.3) is 0 Å². The molecule has 0 bridgehead atoms. The van der Waals surface area contributed by atoms with Crippen molar-refractivity contribution < 1.29 is 9.47 Å². The van der Waals surface area contributed by atoms with E-state index >= 15 is 0 Å². The van der Waals surface area contributed by atoms with Gasteiger partial charge in [-0.25, -0.2) is 0 Å². The van der Waals surface area contributed by atoms with E-state index in [0.29, 0.717) is 24.7 Å². The SMILES string of the molecule is CNCC(C)c1ccc(COC2CCCC(OC)C2)cc1. The van der Waals surface area contributed by atoms with Gasteiger partial charge in [-0.3, -0.25) is 0 Å². The van der Waals surface area contributed by atoms with Gasteiger partial charge in [-0.2, -0.15) is 0 Å². The van der Waals surface area contributed by atoms with Gasteiger partial charge in [0.2, 0.25) is 0 Å². The number of ether oxygens (including phenoxy) is 2. The average molecular weight is 291 g/mol. The number of nitrogens with one attached hydrogen (secondary N) is 1. The van der Waals surface area contributed by atoms with Gasteiger partial charge in [-0.05, 0) is 49.8 Å². The summed E-state index contributed by atoms with van der Waals surface area (Å²) < 4.78 is 11.5. The van der Waals surface area contributed by atoms with Crippen LogP contribution in [0, 0.1) is 0 Å². The van der Waals surface area contributed by atoms with E-state index in [9.17, 15) is 0 Å². The minimum atomic E-state index is 0.353. The summed E-state index contributed by atoms with van der Waals surface area (Å²) in [4.78, 5) is 0. The molecule has 3 nitrogen and oxygen atoms in total. The molecule has 0 spiro atoms. The Kier molecular flexibility index (Phi) is 6.68. The maximum Gasteiger partial charge on any atom is 0.0720 e. The molecule has 118 valence electrons. The molecule has 0 aliphatic heterocycles. The second-order valence-corrected chi connectivity index (χ2v) is 6.16. The zero-order chi connectivity index (χ0) is 15.1. The van der Waals surface area contributed by atoms with Crippen LogP contribution >= 0.6 is 0 Å². The quantitative estimate of drug-likeness (QED) is 0.834. The fraction of sp³-hybridized carbons (Fsp3) is 0.667. The lowest BCUT2D eigenvalue weighted by Gasteiger charge is -2.28. The molecule has 1 fully saturated rings. The summed E-state index contributed by atoms with van der Waals surface area (Å²) in [5.74, 6) is 0.547. The Bertz CT molecular complexity index is 404. The van der Waals surface area contributed by atoms with E-state index in [1.54, 1.807) is 7.11 Å². The number of hydrogen-bond donors (Lipinski definition) is 1. The third-order valence-electron chi connectivity index (χ3n) is 4.46. The minimum Gasteiger partial charge on any atom is -0.381 e. The van der Waals surface area contributed by atoms with Crippen LogP contribution in [0.5, 0.6) is 0 Å². The molecule has 0 saturated heterocycles. The molecule has 0 heterocycles. The molecule has 0 aromatic heterocycles. The van der Waals surface area contributed by atoms with Crippen LogP contribution in [0.25, 0.3) is 0 Å². The van der Waals surface area contributed by atoms with E-state index in [1.165, 1.54) is 24.0 Å². The molecule has 0 amide bonds. The highest BCUT2D eigenvalue weighted by atomic mass is 16.5. The lowest BCUT2D eigenvalue weighted by molar-refractivity contribution is -0.0363. The Labute approximate surface area is 129 Å². The van der Waals surface area contributed by atoms with Crippen molar-refractivity contribution in [3.63, 3.8) is 0 Å². The highest BCUT2D eigenvalue weighted by molar-refractivity contribution is 5.24. The van der Waals surface area contributed by atoms with Gasteiger partial charge >= 0.3 is 0 Å². The first-order valence-electron chi connectivity index (χ1n) is 8.10. The van der Waals surface area contributed by atoms with Crippen LogP contribution in [0.1, 0.15) is 49.7 Å². The van der Waals surface area contributed by atoms with Crippen molar-refractivity contribution in [3.05, 3.63) is 35.4 Å². The van der Waals surface area contributed by atoms with E-state index in [2.05, 4.69) is 36.5 Å². The van der Waals surface area contributed by atoms with Crippen LogP contribution < -0.4 is 5.32 Å². The first-order valence-corrected chi connectivity index (χ1v) is 8.10. The van der Waals surface area contributed by atoms with E-state index in [0.717, 1.165) is 19.4 Å². The Morgan fingerprint density at radius 2 is 1.90 bits per heavy atom. The molecule has 1 N–H and O–H groups in total. The monoisotopic (exact) mass is 291 g/mol. The average Bonchev–Trinajstić information content (AvgIpc) is 2.54. The molecular weight excluding hydrogens is 262 g/mol. The summed E-state index contributed by atoms with van der Waals surface area (Å²) in [6, 6.07) is 8.83. The summed E-state index contributed by atoms with van der Waals surface area (Å²) in [6.07, 6.45) is 5.32. The van der Waals surface area contributed by atoms with Crippen molar-refractivity contribution in [2.45, 2.75) is 57.3 Å². The van der Waals surface area contributed by atoms with Crippen LogP contribution in [-0.2, 0) is 16.1 Å². The Morgan fingerprint density at radius 3 is 2.57 bits per heavy atom. The van der Waals surface area contributed by atoms with Crippen LogP contribution in [0.4, 0.5) is 0 Å². The number of benzene rings is 1. The van der Waals surface area contributed by atoms with Crippen molar-refractivity contribution in [1.82, 2.24) is 5.32 Å². The largest absolute Gasteiger partial charge is 0.381 e. The zero-order valence-electron chi connectivity index (χ0n) is 13.6. The summed E-state index contributed by atoms with van der Waals surface area (Å²) >= 11 is 0. The second kappa shape index (κ2) is 8.52. The molecule has 3 unspecified atom stereocenters. The summed E-state index contributed by atoms with van der Waals surface area (Å²) in [7, 11) is 3.80. The van der Waals surface area contributed by atoms with Crippen LogP contribution in [0.2, 0.25) is 0 Å². The number of likely N-dealkylation sites (N-methyl/N-ethyl adjacent to an activating group) is 1. The second-order valence-electron chi connectivity index (χ2n) is 6.16. The standard InChI is InChI=1S/C18H29NO2/c1-14(12-19-2)16-9-7-15(8-10-16)13-21-18-6-4-5-17(11-18)20-3/h7-10,14,17-19H,4-6,11-13H2,1-3H3. The maximum absolute atomic E-state index is 6.06. The Morgan fingerprint density at radius 1 is 1.19 bits per heavy atom. The molecule has 1 aromatic rings. The lowest BCUT2D eigenvalue weighted by Crippen LogP contribution is -2.27. The van der Waals surface area contributed by atoms with Gasteiger partial charge < -0.3 is 14.8 Å². The smallest absolute Gasteiger partial charge is 0.0720 e. The first-order chi connectivity index (χ1) is 10.2. The molecular formula is C18H29NO2. The van der Waals surface area contributed by atoms with E-state index in [1.807, 2.05) is 7.05 Å².